The van der Waals surface area contributed by atoms with E-state index in [1.54, 1.807) is 28.8 Å². The second kappa shape index (κ2) is 7.89. The minimum absolute atomic E-state index is 0.0243. The van der Waals surface area contributed by atoms with Crippen molar-refractivity contribution in [3.8, 4) is 5.75 Å². The molecule has 0 spiro atoms. The number of amidine groups is 1. The monoisotopic (exact) mass is 375 g/mol. The van der Waals surface area contributed by atoms with Gasteiger partial charge in [0, 0.05) is 23.0 Å². The number of rotatable bonds is 4. The zero-order valence-corrected chi connectivity index (χ0v) is 15.5. The number of amides is 1. The van der Waals surface area contributed by atoms with Crippen LogP contribution in [0.3, 0.4) is 0 Å². The molecular weight excluding hydrogens is 358 g/mol. The van der Waals surface area contributed by atoms with E-state index in [1.165, 1.54) is 6.20 Å². The molecule has 0 aliphatic carbocycles. The minimum Gasteiger partial charge on any atom is -0.492 e. The lowest BCUT2D eigenvalue weighted by molar-refractivity contribution is 0.0823. The molecule has 5 nitrogen and oxygen atoms in total. The van der Waals surface area contributed by atoms with Crippen LogP contribution in [0.1, 0.15) is 24.3 Å². The number of aromatic nitrogens is 1. The van der Waals surface area contributed by atoms with E-state index in [-0.39, 0.29) is 11.9 Å². The van der Waals surface area contributed by atoms with Crippen LogP contribution in [0.25, 0.3) is 0 Å². The molecule has 1 aromatic carbocycles. The number of carbonyl (C=O) groups excluding carboxylic acids is 1. The summed E-state index contributed by atoms with van der Waals surface area (Å²) in [5, 5.41) is 1.13. The Labute approximate surface area is 156 Å². The van der Waals surface area contributed by atoms with E-state index in [0.29, 0.717) is 33.9 Å². The van der Waals surface area contributed by atoms with Gasteiger partial charge in [-0.3, -0.25) is 14.7 Å². The molecule has 1 amide bonds. The molecule has 1 aliphatic rings. The summed E-state index contributed by atoms with van der Waals surface area (Å²) in [5.41, 5.74) is 1.02. The summed E-state index contributed by atoms with van der Waals surface area (Å²) in [4.78, 5) is 23.4. The van der Waals surface area contributed by atoms with Gasteiger partial charge >= 0.3 is 0 Å². The van der Waals surface area contributed by atoms with Crippen molar-refractivity contribution in [1.29, 1.82) is 0 Å². The number of aliphatic imine (C=N–C) groups is 1. The molecule has 7 heteroatoms. The summed E-state index contributed by atoms with van der Waals surface area (Å²) in [6.07, 6.45) is 1.53. The van der Waals surface area contributed by atoms with E-state index < -0.39 is 0 Å². The Morgan fingerprint density at radius 2 is 2.24 bits per heavy atom. The first-order valence-corrected chi connectivity index (χ1v) is 9.35. The van der Waals surface area contributed by atoms with Crippen LogP contribution >= 0.6 is 23.4 Å². The van der Waals surface area contributed by atoms with Gasteiger partial charge < -0.3 is 4.74 Å². The molecule has 1 aromatic heterocycles. The van der Waals surface area contributed by atoms with Crippen LogP contribution < -0.4 is 4.74 Å². The lowest BCUT2D eigenvalue weighted by Crippen LogP contribution is -2.38. The fraction of sp³-hybridized carbons (Fsp3) is 0.278. The topological polar surface area (TPSA) is 54.8 Å². The molecule has 0 saturated carbocycles. The largest absolute Gasteiger partial charge is 0.492 e. The van der Waals surface area contributed by atoms with E-state index >= 15 is 0 Å². The minimum atomic E-state index is -0.201. The molecule has 1 atom stereocenters. The predicted molar refractivity (Wildman–Crippen MR) is 102 cm³/mol. The van der Waals surface area contributed by atoms with Crippen molar-refractivity contribution in [3.05, 3.63) is 53.3 Å². The van der Waals surface area contributed by atoms with Gasteiger partial charge in [0.05, 0.1) is 6.61 Å². The van der Waals surface area contributed by atoms with Crippen molar-refractivity contribution in [2.75, 3.05) is 12.4 Å². The molecule has 1 saturated heterocycles. The molecular formula is C18H18ClN3O2S. The second-order valence-electron chi connectivity index (χ2n) is 5.49. The van der Waals surface area contributed by atoms with Gasteiger partial charge in [-0.15, -0.1) is 0 Å². The Bertz CT molecular complexity index is 812. The quantitative estimate of drug-likeness (QED) is 0.794. The van der Waals surface area contributed by atoms with Crippen molar-refractivity contribution in [2.45, 2.75) is 19.9 Å². The Morgan fingerprint density at radius 3 is 3.00 bits per heavy atom. The molecule has 2 heterocycles. The van der Waals surface area contributed by atoms with Crippen LogP contribution in [0.5, 0.6) is 5.75 Å². The maximum Gasteiger partial charge on any atom is 0.278 e. The highest BCUT2D eigenvalue weighted by Crippen LogP contribution is 2.32. The molecule has 0 bridgehead atoms. The first kappa shape index (κ1) is 17.8. The second-order valence-corrected chi connectivity index (χ2v) is 6.91. The maximum absolute atomic E-state index is 12.9. The summed E-state index contributed by atoms with van der Waals surface area (Å²) < 4.78 is 5.62. The van der Waals surface area contributed by atoms with E-state index in [2.05, 4.69) is 9.98 Å². The number of para-hydroxylation sites is 2. The first-order valence-electron chi connectivity index (χ1n) is 7.98. The average Bonchev–Trinajstić information content (AvgIpc) is 2.96. The SMILES string of the molecule is CCOc1ccccc1N=C1SCC(C)N1C(=O)c1cc(Cl)ccn1. The lowest BCUT2D eigenvalue weighted by Gasteiger charge is -2.21. The molecule has 1 fully saturated rings. The molecule has 1 unspecified atom stereocenters. The summed E-state index contributed by atoms with van der Waals surface area (Å²) in [5.74, 6) is 1.28. The van der Waals surface area contributed by atoms with Crippen LogP contribution in [0.15, 0.2) is 47.6 Å². The highest BCUT2D eigenvalue weighted by molar-refractivity contribution is 8.14. The molecule has 1 aliphatic heterocycles. The normalized spacial score (nSPS) is 18.6. The molecule has 2 aromatic rings. The first-order chi connectivity index (χ1) is 12.1. The zero-order valence-electron chi connectivity index (χ0n) is 14.0. The zero-order chi connectivity index (χ0) is 17.8. The molecule has 0 N–H and O–H groups in total. The van der Waals surface area contributed by atoms with Gasteiger partial charge in [0.1, 0.15) is 17.1 Å². The number of pyridine rings is 1. The van der Waals surface area contributed by atoms with E-state index in [0.717, 1.165) is 5.75 Å². The standard InChI is InChI=1S/C18H18ClN3O2S/c1-3-24-16-7-5-4-6-14(16)21-18-22(12(2)11-25-18)17(23)15-10-13(19)8-9-20-15/h4-10,12H,3,11H2,1-2H3. The van der Waals surface area contributed by atoms with Gasteiger partial charge in [-0.2, -0.15) is 0 Å². The number of hydrogen-bond acceptors (Lipinski definition) is 5. The van der Waals surface area contributed by atoms with Gasteiger partial charge in [-0.1, -0.05) is 35.5 Å². The molecule has 130 valence electrons. The molecule has 25 heavy (non-hydrogen) atoms. The number of halogens is 1. The van der Waals surface area contributed by atoms with Crippen LogP contribution in [0.4, 0.5) is 5.69 Å². The van der Waals surface area contributed by atoms with Gasteiger partial charge in [0.25, 0.3) is 5.91 Å². The van der Waals surface area contributed by atoms with Gasteiger partial charge in [0.2, 0.25) is 0 Å². The van der Waals surface area contributed by atoms with E-state index in [9.17, 15) is 4.79 Å². The van der Waals surface area contributed by atoms with Crippen molar-refractivity contribution < 1.29 is 9.53 Å². The third-order valence-electron chi connectivity index (χ3n) is 3.64. The Kier molecular flexibility index (Phi) is 5.60. The Balaban J connectivity index is 1.95. The third-order valence-corrected chi connectivity index (χ3v) is 5.07. The predicted octanol–water partition coefficient (Wildman–Crippen LogP) is 4.40. The number of thioether (sulfide) groups is 1. The maximum atomic E-state index is 12.9. The van der Waals surface area contributed by atoms with Crippen LogP contribution in [0.2, 0.25) is 5.02 Å². The molecule has 3 rings (SSSR count). The van der Waals surface area contributed by atoms with Crippen molar-refractivity contribution in [1.82, 2.24) is 9.88 Å². The van der Waals surface area contributed by atoms with Crippen LogP contribution in [-0.2, 0) is 0 Å². The summed E-state index contributed by atoms with van der Waals surface area (Å²) in [6.45, 7) is 4.48. The number of carbonyl (C=O) groups is 1. The number of benzene rings is 1. The summed E-state index contributed by atoms with van der Waals surface area (Å²) >= 11 is 7.54. The number of nitrogens with zero attached hydrogens (tertiary/aromatic N) is 3. The van der Waals surface area contributed by atoms with Crippen molar-refractivity contribution in [2.24, 2.45) is 4.99 Å². The van der Waals surface area contributed by atoms with Crippen LogP contribution in [0, 0.1) is 0 Å². The van der Waals surface area contributed by atoms with E-state index in [4.69, 9.17) is 16.3 Å². The summed E-state index contributed by atoms with van der Waals surface area (Å²) in [7, 11) is 0. The summed E-state index contributed by atoms with van der Waals surface area (Å²) in [6, 6.07) is 10.8. The fourth-order valence-corrected chi connectivity index (χ4v) is 3.74. The Morgan fingerprint density at radius 1 is 1.44 bits per heavy atom. The van der Waals surface area contributed by atoms with Gasteiger partial charge in [-0.25, -0.2) is 4.99 Å². The van der Waals surface area contributed by atoms with Crippen molar-refractivity contribution in [3.63, 3.8) is 0 Å². The Hall–Kier alpha value is -2.05. The average molecular weight is 376 g/mol. The number of hydrogen-bond donors (Lipinski definition) is 0. The van der Waals surface area contributed by atoms with Gasteiger partial charge in [-0.05, 0) is 38.1 Å². The highest BCUT2D eigenvalue weighted by atomic mass is 35.5. The third kappa shape index (κ3) is 3.96. The van der Waals surface area contributed by atoms with E-state index in [1.807, 2.05) is 38.1 Å². The molecule has 0 radical (unpaired) electrons. The lowest BCUT2D eigenvalue weighted by atomic mass is 10.2. The van der Waals surface area contributed by atoms with Crippen LogP contribution in [-0.4, -0.2) is 39.4 Å². The smallest absolute Gasteiger partial charge is 0.278 e. The van der Waals surface area contributed by atoms with Crippen molar-refractivity contribution >= 4 is 40.1 Å². The van der Waals surface area contributed by atoms with Gasteiger partial charge in [0.15, 0.2) is 5.17 Å². The fourth-order valence-electron chi connectivity index (χ4n) is 2.48. The highest BCUT2D eigenvalue weighted by Gasteiger charge is 2.33. The number of ether oxygens (including phenoxy) is 1.